The van der Waals surface area contributed by atoms with E-state index in [0.717, 1.165) is 10.3 Å². The first-order chi connectivity index (χ1) is 7.66. The smallest absolute Gasteiger partial charge is 0.221 e. The molecule has 1 aromatic rings. The maximum absolute atomic E-state index is 5.58. The standard InChI is InChI=1S/C11H17BrN4/c1-7-4-2-3-5-9(7)15-10-8(12)6-14-11(13)16-10/h6-7,9H,2-5H2,1H3,(H3,13,14,15,16). The number of aromatic nitrogens is 2. The topological polar surface area (TPSA) is 63.8 Å². The van der Waals surface area contributed by atoms with Crippen molar-refractivity contribution in [2.75, 3.05) is 11.1 Å². The summed E-state index contributed by atoms with van der Waals surface area (Å²) in [5.74, 6) is 1.82. The molecule has 1 fully saturated rings. The molecule has 1 aliphatic carbocycles. The normalized spacial score (nSPS) is 25.4. The van der Waals surface area contributed by atoms with E-state index >= 15 is 0 Å². The molecule has 4 nitrogen and oxygen atoms in total. The Kier molecular flexibility index (Phi) is 3.63. The molecule has 0 aromatic carbocycles. The van der Waals surface area contributed by atoms with Gasteiger partial charge in [-0.2, -0.15) is 4.98 Å². The molecule has 1 aromatic heterocycles. The minimum Gasteiger partial charge on any atom is -0.368 e. The van der Waals surface area contributed by atoms with Gasteiger partial charge < -0.3 is 11.1 Å². The van der Waals surface area contributed by atoms with E-state index in [0.29, 0.717) is 17.9 Å². The average molecular weight is 285 g/mol. The van der Waals surface area contributed by atoms with E-state index in [9.17, 15) is 0 Å². The van der Waals surface area contributed by atoms with Gasteiger partial charge in [0.15, 0.2) is 0 Å². The van der Waals surface area contributed by atoms with Crippen molar-refractivity contribution in [3.63, 3.8) is 0 Å². The Balaban J connectivity index is 2.10. The molecule has 0 bridgehead atoms. The van der Waals surface area contributed by atoms with E-state index in [2.05, 4.69) is 38.1 Å². The van der Waals surface area contributed by atoms with E-state index in [1.165, 1.54) is 25.7 Å². The van der Waals surface area contributed by atoms with Crippen LogP contribution < -0.4 is 11.1 Å². The summed E-state index contributed by atoms with van der Waals surface area (Å²) in [7, 11) is 0. The molecule has 3 N–H and O–H groups in total. The molecule has 0 radical (unpaired) electrons. The molecule has 0 spiro atoms. The van der Waals surface area contributed by atoms with E-state index in [-0.39, 0.29) is 0 Å². The van der Waals surface area contributed by atoms with Crippen LogP contribution in [0.2, 0.25) is 0 Å². The highest BCUT2D eigenvalue weighted by molar-refractivity contribution is 9.10. The van der Waals surface area contributed by atoms with Crippen molar-refractivity contribution >= 4 is 27.7 Å². The number of nitrogens with zero attached hydrogens (tertiary/aromatic N) is 2. The summed E-state index contributed by atoms with van der Waals surface area (Å²) in [5, 5.41) is 3.46. The van der Waals surface area contributed by atoms with E-state index in [1.54, 1.807) is 6.20 Å². The van der Waals surface area contributed by atoms with Crippen LogP contribution in [0.3, 0.4) is 0 Å². The highest BCUT2D eigenvalue weighted by atomic mass is 79.9. The molecule has 1 saturated carbocycles. The van der Waals surface area contributed by atoms with Gasteiger partial charge in [0.25, 0.3) is 0 Å². The van der Waals surface area contributed by atoms with Gasteiger partial charge in [0.05, 0.1) is 4.47 Å². The van der Waals surface area contributed by atoms with Gasteiger partial charge in [-0.15, -0.1) is 0 Å². The summed E-state index contributed by atoms with van der Waals surface area (Å²) in [6.07, 6.45) is 6.82. The Labute approximate surface area is 104 Å². The molecule has 0 saturated heterocycles. The van der Waals surface area contributed by atoms with Crippen LogP contribution in [0.1, 0.15) is 32.6 Å². The number of halogens is 1. The van der Waals surface area contributed by atoms with Crippen LogP contribution in [0.5, 0.6) is 0 Å². The fourth-order valence-corrected chi connectivity index (χ4v) is 2.49. The highest BCUT2D eigenvalue weighted by Crippen LogP contribution is 2.28. The first-order valence-electron chi connectivity index (χ1n) is 5.71. The second-order valence-electron chi connectivity index (χ2n) is 4.44. The van der Waals surface area contributed by atoms with Crippen LogP contribution in [0.15, 0.2) is 10.7 Å². The number of nitrogens with two attached hydrogens (primary N) is 1. The highest BCUT2D eigenvalue weighted by Gasteiger charge is 2.22. The van der Waals surface area contributed by atoms with Gasteiger partial charge >= 0.3 is 0 Å². The Morgan fingerprint density at radius 1 is 1.44 bits per heavy atom. The maximum atomic E-state index is 5.58. The Bertz CT molecular complexity index is 369. The van der Waals surface area contributed by atoms with Crippen molar-refractivity contribution < 1.29 is 0 Å². The van der Waals surface area contributed by atoms with E-state index < -0.39 is 0 Å². The molecule has 1 heterocycles. The second kappa shape index (κ2) is 4.99. The summed E-state index contributed by atoms with van der Waals surface area (Å²) >= 11 is 3.43. The van der Waals surface area contributed by atoms with E-state index in [4.69, 9.17) is 5.73 Å². The number of anilines is 2. The minimum absolute atomic E-state index is 0.314. The number of nitrogens with one attached hydrogen (secondary N) is 1. The fraction of sp³-hybridized carbons (Fsp3) is 0.636. The summed E-state index contributed by atoms with van der Waals surface area (Å²) in [4.78, 5) is 8.14. The van der Waals surface area contributed by atoms with Crippen molar-refractivity contribution in [1.29, 1.82) is 0 Å². The first-order valence-corrected chi connectivity index (χ1v) is 6.50. The van der Waals surface area contributed by atoms with Gasteiger partial charge in [-0.05, 0) is 34.7 Å². The molecule has 1 aliphatic rings. The van der Waals surface area contributed by atoms with Crippen LogP contribution in [0.25, 0.3) is 0 Å². The summed E-state index contributed by atoms with van der Waals surface area (Å²) in [6.45, 7) is 2.29. The maximum Gasteiger partial charge on any atom is 0.221 e. The number of hydrogen-bond donors (Lipinski definition) is 2. The predicted molar refractivity (Wildman–Crippen MR) is 69.2 cm³/mol. The van der Waals surface area contributed by atoms with Crippen molar-refractivity contribution in [2.45, 2.75) is 38.6 Å². The van der Waals surface area contributed by atoms with Gasteiger partial charge in [0.2, 0.25) is 5.95 Å². The molecule has 2 unspecified atom stereocenters. The first kappa shape index (κ1) is 11.6. The second-order valence-corrected chi connectivity index (χ2v) is 5.29. The lowest BCUT2D eigenvalue weighted by Crippen LogP contribution is -2.30. The molecular weight excluding hydrogens is 268 g/mol. The van der Waals surface area contributed by atoms with Gasteiger partial charge in [-0.25, -0.2) is 4.98 Å². The van der Waals surface area contributed by atoms with Crippen molar-refractivity contribution in [3.8, 4) is 0 Å². The Morgan fingerprint density at radius 3 is 2.94 bits per heavy atom. The largest absolute Gasteiger partial charge is 0.368 e. The molecule has 16 heavy (non-hydrogen) atoms. The lowest BCUT2D eigenvalue weighted by molar-refractivity contribution is 0.349. The molecule has 2 rings (SSSR count). The molecule has 5 heteroatoms. The SMILES string of the molecule is CC1CCCCC1Nc1nc(N)ncc1Br. The van der Waals surface area contributed by atoms with Crippen LogP contribution in [0, 0.1) is 5.92 Å². The van der Waals surface area contributed by atoms with Crippen molar-refractivity contribution in [2.24, 2.45) is 5.92 Å². The van der Waals surface area contributed by atoms with E-state index in [1.807, 2.05) is 0 Å². The molecule has 2 atom stereocenters. The van der Waals surface area contributed by atoms with Gasteiger partial charge in [0, 0.05) is 12.2 Å². The lowest BCUT2D eigenvalue weighted by atomic mass is 9.86. The number of rotatable bonds is 2. The third kappa shape index (κ3) is 2.64. The Morgan fingerprint density at radius 2 is 2.19 bits per heavy atom. The zero-order valence-electron chi connectivity index (χ0n) is 9.41. The summed E-state index contributed by atoms with van der Waals surface area (Å²) in [5.41, 5.74) is 5.58. The summed E-state index contributed by atoms with van der Waals surface area (Å²) in [6, 6.07) is 0.499. The van der Waals surface area contributed by atoms with Gasteiger partial charge in [-0.1, -0.05) is 19.8 Å². The van der Waals surface area contributed by atoms with Gasteiger partial charge in [0.1, 0.15) is 5.82 Å². The minimum atomic E-state index is 0.314. The number of hydrogen-bond acceptors (Lipinski definition) is 4. The molecule has 88 valence electrons. The summed E-state index contributed by atoms with van der Waals surface area (Å²) < 4.78 is 0.875. The fourth-order valence-electron chi connectivity index (χ4n) is 2.19. The average Bonchev–Trinajstić information content (AvgIpc) is 2.27. The van der Waals surface area contributed by atoms with Crippen LogP contribution in [-0.2, 0) is 0 Å². The van der Waals surface area contributed by atoms with Crippen molar-refractivity contribution in [3.05, 3.63) is 10.7 Å². The predicted octanol–water partition coefficient (Wildman–Crippen LogP) is 2.81. The quantitative estimate of drug-likeness (QED) is 0.877. The zero-order valence-corrected chi connectivity index (χ0v) is 11.0. The van der Waals surface area contributed by atoms with Crippen LogP contribution in [-0.4, -0.2) is 16.0 Å². The third-order valence-electron chi connectivity index (χ3n) is 3.20. The monoisotopic (exact) mass is 284 g/mol. The zero-order chi connectivity index (χ0) is 11.5. The van der Waals surface area contributed by atoms with Gasteiger partial charge in [-0.3, -0.25) is 0 Å². The molecular formula is C11H17BrN4. The molecule has 0 amide bonds. The van der Waals surface area contributed by atoms with Crippen LogP contribution in [0.4, 0.5) is 11.8 Å². The van der Waals surface area contributed by atoms with Crippen LogP contribution >= 0.6 is 15.9 Å². The van der Waals surface area contributed by atoms with Crippen molar-refractivity contribution in [1.82, 2.24) is 9.97 Å². The third-order valence-corrected chi connectivity index (χ3v) is 3.78. The Hall–Kier alpha value is -0.840. The number of nitrogen functional groups attached to an aromatic ring is 1. The molecule has 0 aliphatic heterocycles. The lowest BCUT2D eigenvalue weighted by Gasteiger charge is -2.30.